The topological polar surface area (TPSA) is 111 Å². The second-order valence-electron chi connectivity index (χ2n) is 6.44. The molecule has 2 aromatic rings. The Morgan fingerprint density at radius 3 is 2.58 bits per heavy atom. The smallest absolute Gasteiger partial charge is 0.329 e. The Labute approximate surface area is 186 Å². The van der Waals surface area contributed by atoms with Crippen molar-refractivity contribution in [3.05, 3.63) is 80.5 Å². The predicted molar refractivity (Wildman–Crippen MR) is 117 cm³/mol. The SMILES string of the molecule is C=CCN1C(=O)N/C(=C/c2cc(Br)c(OCc3ccc([N+](=O)[O-])cc3)c(OC)c2)C1=O. The molecule has 2 aromatic carbocycles. The summed E-state index contributed by atoms with van der Waals surface area (Å²) in [5.41, 5.74) is 1.49. The number of nitrogens with one attached hydrogen (secondary N) is 1. The Bertz CT molecular complexity index is 1080. The van der Waals surface area contributed by atoms with Crippen molar-refractivity contribution in [1.29, 1.82) is 0 Å². The van der Waals surface area contributed by atoms with E-state index in [-0.39, 0.29) is 24.5 Å². The largest absolute Gasteiger partial charge is 0.493 e. The molecule has 1 aliphatic rings. The Balaban J connectivity index is 1.80. The van der Waals surface area contributed by atoms with E-state index in [0.717, 1.165) is 10.5 Å². The third kappa shape index (κ3) is 4.92. The molecule has 1 aliphatic heterocycles. The molecule has 1 saturated heterocycles. The molecule has 31 heavy (non-hydrogen) atoms. The van der Waals surface area contributed by atoms with Gasteiger partial charge in [-0.2, -0.15) is 0 Å². The van der Waals surface area contributed by atoms with Crippen molar-refractivity contribution >= 4 is 39.6 Å². The number of ether oxygens (including phenoxy) is 2. The zero-order valence-electron chi connectivity index (χ0n) is 16.5. The maximum atomic E-state index is 12.4. The van der Waals surface area contributed by atoms with Crippen molar-refractivity contribution < 1.29 is 24.0 Å². The number of imide groups is 1. The molecule has 0 atom stereocenters. The van der Waals surface area contributed by atoms with E-state index in [4.69, 9.17) is 9.47 Å². The zero-order valence-corrected chi connectivity index (χ0v) is 18.0. The fourth-order valence-electron chi connectivity index (χ4n) is 2.87. The minimum atomic E-state index is -0.509. The average molecular weight is 488 g/mol. The molecule has 0 aliphatic carbocycles. The molecule has 3 rings (SSSR count). The maximum absolute atomic E-state index is 12.4. The van der Waals surface area contributed by atoms with Gasteiger partial charge in [0.1, 0.15) is 12.3 Å². The molecule has 9 nitrogen and oxygen atoms in total. The van der Waals surface area contributed by atoms with Gasteiger partial charge in [-0.05, 0) is 57.4 Å². The lowest BCUT2D eigenvalue weighted by Gasteiger charge is -2.14. The van der Waals surface area contributed by atoms with Crippen molar-refractivity contribution in [2.45, 2.75) is 6.61 Å². The van der Waals surface area contributed by atoms with Crippen LogP contribution in [0.5, 0.6) is 11.5 Å². The summed E-state index contributed by atoms with van der Waals surface area (Å²) in [6.07, 6.45) is 3.01. The van der Waals surface area contributed by atoms with Gasteiger partial charge in [0.15, 0.2) is 11.5 Å². The summed E-state index contributed by atoms with van der Waals surface area (Å²) >= 11 is 3.44. The summed E-state index contributed by atoms with van der Waals surface area (Å²) in [6, 6.07) is 8.91. The van der Waals surface area contributed by atoms with E-state index in [1.807, 2.05) is 0 Å². The molecular weight excluding hydrogens is 470 g/mol. The van der Waals surface area contributed by atoms with Gasteiger partial charge >= 0.3 is 6.03 Å². The number of benzene rings is 2. The molecule has 3 amide bonds. The molecule has 0 bridgehead atoms. The Morgan fingerprint density at radius 2 is 1.97 bits per heavy atom. The lowest BCUT2D eigenvalue weighted by molar-refractivity contribution is -0.384. The normalized spacial score (nSPS) is 14.5. The lowest BCUT2D eigenvalue weighted by atomic mass is 10.1. The molecule has 1 N–H and O–H groups in total. The first-order chi connectivity index (χ1) is 14.8. The summed E-state index contributed by atoms with van der Waals surface area (Å²) in [5.74, 6) is 0.388. The number of methoxy groups -OCH3 is 1. The number of hydrogen-bond acceptors (Lipinski definition) is 6. The fourth-order valence-corrected chi connectivity index (χ4v) is 3.44. The molecule has 0 aromatic heterocycles. The maximum Gasteiger partial charge on any atom is 0.329 e. The standard InChI is InChI=1S/C21H18BrN3O6/c1-3-8-24-20(26)17(23-21(24)27)10-14-9-16(22)19(18(11-14)30-2)31-12-13-4-6-15(7-5-13)25(28)29/h3-7,9-11H,1,8,12H2,2H3,(H,23,27)/b17-10+. The predicted octanol–water partition coefficient (Wildman–Crippen LogP) is 4.02. The van der Waals surface area contributed by atoms with Crippen LogP contribution in [0.1, 0.15) is 11.1 Å². The molecular formula is C21H18BrN3O6. The van der Waals surface area contributed by atoms with Gasteiger partial charge in [0.2, 0.25) is 0 Å². The first-order valence-electron chi connectivity index (χ1n) is 9.03. The highest BCUT2D eigenvalue weighted by atomic mass is 79.9. The fraction of sp³-hybridized carbons (Fsp3) is 0.143. The monoisotopic (exact) mass is 487 g/mol. The van der Waals surface area contributed by atoms with Crippen molar-refractivity contribution in [3.63, 3.8) is 0 Å². The molecule has 0 saturated carbocycles. The number of non-ortho nitro benzene ring substituents is 1. The number of rotatable bonds is 8. The number of hydrogen-bond donors (Lipinski definition) is 1. The van der Waals surface area contributed by atoms with Gasteiger partial charge < -0.3 is 14.8 Å². The molecule has 160 valence electrons. The number of nitrogens with zero attached hydrogens (tertiary/aromatic N) is 2. The zero-order chi connectivity index (χ0) is 22.5. The van der Waals surface area contributed by atoms with Crippen LogP contribution in [0.25, 0.3) is 6.08 Å². The molecule has 1 fully saturated rings. The first-order valence-corrected chi connectivity index (χ1v) is 9.82. The van der Waals surface area contributed by atoms with Gasteiger partial charge in [-0.1, -0.05) is 6.08 Å². The van der Waals surface area contributed by atoms with Gasteiger partial charge in [-0.3, -0.25) is 19.8 Å². The van der Waals surface area contributed by atoms with Crippen LogP contribution in [0.15, 0.2) is 59.2 Å². The highest BCUT2D eigenvalue weighted by Crippen LogP contribution is 2.38. The Morgan fingerprint density at radius 1 is 1.26 bits per heavy atom. The second kappa shape index (κ2) is 9.43. The van der Waals surface area contributed by atoms with E-state index in [1.54, 1.807) is 24.3 Å². The van der Waals surface area contributed by atoms with Crippen LogP contribution < -0.4 is 14.8 Å². The summed E-state index contributed by atoms with van der Waals surface area (Å²) in [5, 5.41) is 13.3. The van der Waals surface area contributed by atoms with Crippen LogP contribution in [-0.4, -0.2) is 35.4 Å². The van der Waals surface area contributed by atoms with E-state index in [0.29, 0.717) is 21.5 Å². The molecule has 10 heteroatoms. The number of halogens is 1. The van der Waals surface area contributed by atoms with E-state index >= 15 is 0 Å². The number of carbonyl (C=O) groups is 2. The number of urea groups is 1. The second-order valence-corrected chi connectivity index (χ2v) is 7.29. The van der Waals surface area contributed by atoms with Crippen molar-refractivity contribution in [1.82, 2.24) is 10.2 Å². The summed E-state index contributed by atoms with van der Waals surface area (Å²) in [4.78, 5) is 35.6. The number of amides is 3. The summed E-state index contributed by atoms with van der Waals surface area (Å²) in [6.45, 7) is 3.82. The summed E-state index contributed by atoms with van der Waals surface area (Å²) in [7, 11) is 1.48. The van der Waals surface area contributed by atoms with Gasteiger partial charge in [-0.15, -0.1) is 6.58 Å². The van der Waals surface area contributed by atoms with Crippen LogP contribution in [0.4, 0.5) is 10.5 Å². The van der Waals surface area contributed by atoms with E-state index < -0.39 is 16.9 Å². The highest BCUT2D eigenvalue weighted by molar-refractivity contribution is 9.10. The van der Waals surface area contributed by atoms with Crippen molar-refractivity contribution in [3.8, 4) is 11.5 Å². The minimum Gasteiger partial charge on any atom is -0.493 e. The van der Waals surface area contributed by atoms with Crippen LogP contribution in [0.2, 0.25) is 0 Å². The van der Waals surface area contributed by atoms with Gasteiger partial charge in [-0.25, -0.2) is 4.79 Å². The molecule has 1 heterocycles. The lowest BCUT2D eigenvalue weighted by Crippen LogP contribution is -2.30. The van der Waals surface area contributed by atoms with Crippen LogP contribution in [0, 0.1) is 10.1 Å². The van der Waals surface area contributed by atoms with Crippen molar-refractivity contribution in [2.24, 2.45) is 0 Å². The van der Waals surface area contributed by atoms with Crippen LogP contribution in [0.3, 0.4) is 0 Å². The molecule has 0 radical (unpaired) electrons. The van der Waals surface area contributed by atoms with E-state index in [9.17, 15) is 19.7 Å². The van der Waals surface area contributed by atoms with Crippen molar-refractivity contribution in [2.75, 3.05) is 13.7 Å². The van der Waals surface area contributed by atoms with Gasteiger partial charge in [0, 0.05) is 18.7 Å². The minimum absolute atomic E-state index is 0.000100. The first kappa shape index (κ1) is 22.0. The van der Waals surface area contributed by atoms with Gasteiger partial charge in [0.05, 0.1) is 16.5 Å². The average Bonchev–Trinajstić information content (AvgIpc) is 3.00. The van der Waals surface area contributed by atoms with E-state index in [1.165, 1.54) is 31.4 Å². The summed E-state index contributed by atoms with van der Waals surface area (Å²) < 4.78 is 11.8. The third-order valence-electron chi connectivity index (χ3n) is 4.37. The highest BCUT2D eigenvalue weighted by Gasteiger charge is 2.32. The van der Waals surface area contributed by atoms with Crippen LogP contribution in [-0.2, 0) is 11.4 Å². The molecule has 0 unspecified atom stereocenters. The quantitative estimate of drug-likeness (QED) is 0.198. The third-order valence-corrected chi connectivity index (χ3v) is 4.96. The molecule has 0 spiro atoms. The Kier molecular flexibility index (Phi) is 6.71. The number of nitro groups is 1. The van der Waals surface area contributed by atoms with Crippen LogP contribution >= 0.6 is 15.9 Å². The number of carbonyl (C=O) groups excluding carboxylic acids is 2. The Hall–Kier alpha value is -3.66. The van der Waals surface area contributed by atoms with E-state index in [2.05, 4.69) is 27.8 Å². The van der Waals surface area contributed by atoms with Gasteiger partial charge in [0.25, 0.3) is 11.6 Å². The number of nitro benzene ring substituents is 1.